The first-order chi connectivity index (χ1) is 14.1. The smallest absolute Gasteiger partial charge is 0.293 e. The van der Waals surface area contributed by atoms with Crippen molar-refractivity contribution in [2.75, 3.05) is 13.2 Å². The van der Waals surface area contributed by atoms with Gasteiger partial charge in [-0.2, -0.15) is 5.26 Å². The second-order valence-electron chi connectivity index (χ2n) is 6.11. The van der Waals surface area contributed by atoms with Crippen molar-refractivity contribution in [1.82, 2.24) is 4.90 Å². The van der Waals surface area contributed by atoms with E-state index in [1.165, 1.54) is 0 Å². The van der Waals surface area contributed by atoms with Crippen LogP contribution in [0.25, 0.3) is 6.08 Å². The van der Waals surface area contributed by atoms with E-state index in [-0.39, 0.29) is 17.7 Å². The first kappa shape index (κ1) is 20.5. The molecule has 0 spiro atoms. The van der Waals surface area contributed by atoms with Crippen LogP contribution in [-0.2, 0) is 11.3 Å². The van der Waals surface area contributed by atoms with Gasteiger partial charge in [-0.05, 0) is 61.0 Å². The molecule has 0 unspecified atom stereocenters. The SMILES string of the molecule is CCOc1ccc(/C=C2/SC(=O)N(Cc3ccccc3C#N)C2=O)cc1OCC. The van der Waals surface area contributed by atoms with E-state index in [9.17, 15) is 14.9 Å². The molecule has 1 saturated heterocycles. The van der Waals surface area contributed by atoms with E-state index in [1.807, 2.05) is 19.9 Å². The molecule has 0 aliphatic carbocycles. The number of carbonyl (C=O) groups is 2. The van der Waals surface area contributed by atoms with Crippen LogP contribution in [0.15, 0.2) is 47.4 Å². The van der Waals surface area contributed by atoms with Crippen molar-refractivity contribution in [3.8, 4) is 17.6 Å². The lowest BCUT2D eigenvalue weighted by molar-refractivity contribution is -0.123. The molecular weight excluding hydrogens is 388 g/mol. The van der Waals surface area contributed by atoms with Gasteiger partial charge in [-0.1, -0.05) is 24.3 Å². The Balaban J connectivity index is 1.84. The van der Waals surface area contributed by atoms with Crippen LogP contribution in [0, 0.1) is 11.3 Å². The molecule has 2 aromatic rings. The number of rotatable bonds is 7. The number of ether oxygens (including phenoxy) is 2. The lowest BCUT2D eigenvalue weighted by Crippen LogP contribution is -2.27. The summed E-state index contributed by atoms with van der Waals surface area (Å²) in [5, 5.41) is 8.87. The summed E-state index contributed by atoms with van der Waals surface area (Å²) < 4.78 is 11.2. The first-order valence-corrected chi connectivity index (χ1v) is 10.0. The standard InChI is InChI=1S/C22H20N2O4S/c1-3-27-18-10-9-15(11-19(18)28-4-2)12-20-21(25)24(22(26)29-20)14-17-8-6-5-7-16(17)13-23/h5-12H,3-4,14H2,1-2H3/b20-12+. The number of benzene rings is 2. The zero-order chi connectivity index (χ0) is 20.8. The van der Waals surface area contributed by atoms with Crippen LogP contribution in [-0.4, -0.2) is 29.3 Å². The van der Waals surface area contributed by atoms with Crippen molar-refractivity contribution >= 4 is 29.0 Å². The van der Waals surface area contributed by atoms with Gasteiger partial charge in [0.15, 0.2) is 11.5 Å². The maximum absolute atomic E-state index is 12.8. The highest BCUT2D eigenvalue weighted by molar-refractivity contribution is 8.18. The van der Waals surface area contributed by atoms with Crippen molar-refractivity contribution in [2.24, 2.45) is 0 Å². The lowest BCUT2D eigenvalue weighted by atomic mass is 10.1. The molecule has 0 aromatic heterocycles. The number of amides is 2. The average Bonchev–Trinajstić information content (AvgIpc) is 2.98. The fourth-order valence-electron chi connectivity index (χ4n) is 2.88. The predicted octanol–water partition coefficient (Wildman–Crippen LogP) is 4.59. The summed E-state index contributed by atoms with van der Waals surface area (Å²) in [6.45, 7) is 4.84. The highest BCUT2D eigenvalue weighted by Gasteiger charge is 2.35. The second-order valence-corrected chi connectivity index (χ2v) is 7.10. The molecular formula is C22H20N2O4S. The maximum atomic E-state index is 12.8. The summed E-state index contributed by atoms with van der Waals surface area (Å²) in [6.07, 6.45) is 1.67. The Labute approximate surface area is 173 Å². The molecule has 1 aliphatic rings. The molecule has 2 amide bonds. The third kappa shape index (κ3) is 4.61. The molecule has 29 heavy (non-hydrogen) atoms. The Kier molecular flexibility index (Phi) is 6.57. The summed E-state index contributed by atoms with van der Waals surface area (Å²) in [7, 11) is 0. The van der Waals surface area contributed by atoms with Gasteiger partial charge in [0.05, 0.1) is 36.3 Å². The van der Waals surface area contributed by atoms with Crippen molar-refractivity contribution in [3.63, 3.8) is 0 Å². The highest BCUT2D eigenvalue weighted by atomic mass is 32.2. The van der Waals surface area contributed by atoms with E-state index in [0.717, 1.165) is 22.2 Å². The second kappa shape index (κ2) is 9.30. The minimum Gasteiger partial charge on any atom is -0.490 e. The van der Waals surface area contributed by atoms with Gasteiger partial charge in [-0.15, -0.1) is 0 Å². The number of imide groups is 1. The predicted molar refractivity (Wildman–Crippen MR) is 111 cm³/mol. The van der Waals surface area contributed by atoms with E-state index in [4.69, 9.17) is 9.47 Å². The van der Waals surface area contributed by atoms with E-state index in [1.54, 1.807) is 42.5 Å². The molecule has 1 fully saturated rings. The van der Waals surface area contributed by atoms with E-state index in [0.29, 0.717) is 40.7 Å². The monoisotopic (exact) mass is 408 g/mol. The molecule has 1 heterocycles. The number of hydrogen-bond donors (Lipinski definition) is 0. The minimum atomic E-state index is -0.375. The van der Waals surface area contributed by atoms with Crippen LogP contribution in [0.5, 0.6) is 11.5 Å². The van der Waals surface area contributed by atoms with Crippen LogP contribution < -0.4 is 9.47 Å². The molecule has 148 valence electrons. The molecule has 2 aromatic carbocycles. The quantitative estimate of drug-likeness (QED) is 0.623. The fourth-order valence-corrected chi connectivity index (χ4v) is 3.72. The van der Waals surface area contributed by atoms with Gasteiger partial charge in [0.25, 0.3) is 11.1 Å². The Morgan fingerprint density at radius 1 is 1.07 bits per heavy atom. The van der Waals surface area contributed by atoms with Gasteiger partial charge in [0.1, 0.15) is 0 Å². The van der Waals surface area contributed by atoms with Crippen LogP contribution in [0.3, 0.4) is 0 Å². The summed E-state index contributed by atoms with van der Waals surface area (Å²) >= 11 is 0.887. The molecule has 1 aliphatic heterocycles. The van der Waals surface area contributed by atoms with Crippen molar-refractivity contribution in [3.05, 3.63) is 64.1 Å². The Morgan fingerprint density at radius 2 is 1.79 bits per heavy atom. The average molecular weight is 408 g/mol. The molecule has 3 rings (SSSR count). The van der Waals surface area contributed by atoms with E-state index < -0.39 is 0 Å². The summed E-state index contributed by atoms with van der Waals surface area (Å²) in [4.78, 5) is 26.7. The zero-order valence-corrected chi connectivity index (χ0v) is 17.0. The van der Waals surface area contributed by atoms with Crippen LogP contribution in [0.2, 0.25) is 0 Å². The molecule has 0 radical (unpaired) electrons. The maximum Gasteiger partial charge on any atom is 0.293 e. The molecule has 0 atom stereocenters. The highest BCUT2D eigenvalue weighted by Crippen LogP contribution is 2.35. The topological polar surface area (TPSA) is 79.6 Å². The Morgan fingerprint density at radius 3 is 2.52 bits per heavy atom. The van der Waals surface area contributed by atoms with Gasteiger partial charge >= 0.3 is 0 Å². The van der Waals surface area contributed by atoms with Gasteiger partial charge in [-0.25, -0.2) is 0 Å². The molecule has 6 nitrogen and oxygen atoms in total. The Bertz CT molecular complexity index is 1010. The molecule has 0 saturated carbocycles. The zero-order valence-electron chi connectivity index (χ0n) is 16.2. The van der Waals surface area contributed by atoms with Gasteiger partial charge < -0.3 is 9.47 Å². The van der Waals surface area contributed by atoms with Crippen molar-refractivity contribution in [1.29, 1.82) is 5.26 Å². The minimum absolute atomic E-state index is 0.0687. The fraction of sp³-hybridized carbons (Fsp3) is 0.227. The Hall–Kier alpha value is -3.24. The number of nitriles is 1. The molecule has 0 N–H and O–H groups in total. The number of nitrogens with zero attached hydrogens (tertiary/aromatic N) is 2. The number of thioether (sulfide) groups is 1. The normalized spacial score (nSPS) is 14.9. The van der Waals surface area contributed by atoms with E-state index >= 15 is 0 Å². The van der Waals surface area contributed by atoms with Crippen molar-refractivity contribution in [2.45, 2.75) is 20.4 Å². The lowest BCUT2D eigenvalue weighted by Gasteiger charge is -2.13. The molecule has 7 heteroatoms. The number of hydrogen-bond acceptors (Lipinski definition) is 6. The number of carbonyl (C=O) groups excluding carboxylic acids is 2. The summed E-state index contributed by atoms with van der Waals surface area (Å²) in [6, 6.07) is 14.4. The van der Waals surface area contributed by atoms with E-state index in [2.05, 4.69) is 6.07 Å². The first-order valence-electron chi connectivity index (χ1n) is 9.20. The van der Waals surface area contributed by atoms with Crippen molar-refractivity contribution < 1.29 is 19.1 Å². The van der Waals surface area contributed by atoms with Gasteiger partial charge in [0.2, 0.25) is 0 Å². The van der Waals surface area contributed by atoms with Crippen LogP contribution in [0.1, 0.15) is 30.5 Å². The summed E-state index contributed by atoms with van der Waals surface area (Å²) in [5.74, 6) is 0.845. The third-order valence-electron chi connectivity index (χ3n) is 4.21. The van der Waals surface area contributed by atoms with Gasteiger partial charge in [-0.3, -0.25) is 14.5 Å². The third-order valence-corrected chi connectivity index (χ3v) is 5.11. The molecule has 0 bridgehead atoms. The van der Waals surface area contributed by atoms with Crippen LogP contribution in [0.4, 0.5) is 4.79 Å². The largest absolute Gasteiger partial charge is 0.490 e. The van der Waals surface area contributed by atoms with Gasteiger partial charge in [0, 0.05) is 0 Å². The summed E-state index contributed by atoms with van der Waals surface area (Å²) in [5.41, 5.74) is 1.82. The van der Waals surface area contributed by atoms with Crippen LogP contribution >= 0.6 is 11.8 Å².